The van der Waals surface area contributed by atoms with Crippen molar-refractivity contribution in [2.45, 2.75) is 46.1 Å². The average molecular weight is 402 g/mol. The summed E-state index contributed by atoms with van der Waals surface area (Å²) >= 11 is 7.96. The van der Waals surface area contributed by atoms with Crippen molar-refractivity contribution in [2.24, 2.45) is 0 Å². The van der Waals surface area contributed by atoms with Crippen LogP contribution in [0.1, 0.15) is 48.5 Å². The van der Waals surface area contributed by atoms with Crippen LogP contribution in [0.3, 0.4) is 0 Å². The van der Waals surface area contributed by atoms with Crippen molar-refractivity contribution in [3.8, 4) is 0 Å². The average Bonchev–Trinajstić information content (AvgIpc) is 2.93. The number of thiocarbonyl (C=S) groups is 1. The zero-order valence-electron chi connectivity index (χ0n) is 14.7. The molecule has 1 aromatic rings. The molecule has 0 bridgehead atoms. The topological polar surface area (TPSA) is 71.5 Å². The van der Waals surface area contributed by atoms with E-state index in [1.165, 1.54) is 18.2 Å². The van der Waals surface area contributed by atoms with E-state index in [1.54, 1.807) is 13.8 Å². The minimum Gasteiger partial charge on any atom is -0.462 e. The molecule has 25 heavy (non-hydrogen) atoms. The van der Waals surface area contributed by atoms with Gasteiger partial charge < -0.3 is 15.0 Å². The molecule has 1 unspecified atom stereocenters. The number of nitrogens with one attached hydrogen (secondary N) is 1. The Morgan fingerprint density at radius 1 is 1.48 bits per heavy atom. The number of ether oxygens (including phenoxy) is 1. The lowest BCUT2D eigenvalue weighted by Gasteiger charge is -2.34. The van der Waals surface area contributed by atoms with E-state index in [0.29, 0.717) is 28.4 Å². The van der Waals surface area contributed by atoms with Crippen LogP contribution in [0.4, 0.5) is 5.13 Å². The molecule has 0 aromatic carbocycles. The maximum absolute atomic E-state index is 12.1. The van der Waals surface area contributed by atoms with Crippen molar-refractivity contribution in [1.82, 2.24) is 9.88 Å². The van der Waals surface area contributed by atoms with Crippen molar-refractivity contribution >= 4 is 56.6 Å². The zero-order chi connectivity index (χ0) is 18.4. The molecule has 138 valence electrons. The second-order valence-corrected chi connectivity index (χ2v) is 8.40. The summed E-state index contributed by atoms with van der Waals surface area (Å²) in [5.41, 5.74) is 0.559. The Kier molecular flexibility index (Phi) is 7.64. The molecule has 0 aliphatic carbocycles. The number of esters is 1. The molecule has 1 aliphatic heterocycles. The van der Waals surface area contributed by atoms with Gasteiger partial charge in [-0.15, -0.1) is 0 Å². The van der Waals surface area contributed by atoms with Crippen LogP contribution in [-0.2, 0) is 9.53 Å². The molecule has 1 aromatic heterocycles. The Labute approximate surface area is 161 Å². The first-order valence-electron chi connectivity index (χ1n) is 8.30. The van der Waals surface area contributed by atoms with Crippen molar-refractivity contribution in [3.05, 3.63) is 10.6 Å². The van der Waals surface area contributed by atoms with Gasteiger partial charge in [0.1, 0.15) is 9.20 Å². The van der Waals surface area contributed by atoms with E-state index < -0.39 is 5.97 Å². The van der Waals surface area contributed by atoms with Gasteiger partial charge in [0.2, 0.25) is 5.91 Å². The van der Waals surface area contributed by atoms with Crippen LogP contribution in [-0.4, -0.2) is 51.0 Å². The van der Waals surface area contributed by atoms with Gasteiger partial charge in [-0.2, -0.15) is 0 Å². The first-order chi connectivity index (χ1) is 11.9. The normalized spacial score (nSPS) is 17.2. The monoisotopic (exact) mass is 401 g/mol. The predicted molar refractivity (Wildman–Crippen MR) is 107 cm³/mol. The van der Waals surface area contributed by atoms with Gasteiger partial charge in [0.25, 0.3) is 0 Å². The minimum absolute atomic E-state index is 0.179. The molecular formula is C16H23N3O3S3. The highest BCUT2D eigenvalue weighted by atomic mass is 32.2. The number of piperidine rings is 1. The number of hydrogen-bond acceptors (Lipinski definition) is 7. The Morgan fingerprint density at radius 2 is 2.24 bits per heavy atom. The highest BCUT2D eigenvalue weighted by Crippen LogP contribution is 2.24. The highest BCUT2D eigenvalue weighted by Gasteiger charge is 2.22. The van der Waals surface area contributed by atoms with Gasteiger partial charge in [0.15, 0.2) is 5.13 Å². The number of aryl methyl sites for hydroxylation is 1. The number of carbonyl (C=O) groups excluding carboxylic acids is 2. The number of thioether (sulfide) groups is 1. The largest absolute Gasteiger partial charge is 0.462 e. The first-order valence-corrected chi connectivity index (χ1v) is 10.5. The molecule has 0 saturated carbocycles. The van der Waals surface area contributed by atoms with Crippen molar-refractivity contribution < 1.29 is 14.3 Å². The fraction of sp³-hybridized carbons (Fsp3) is 0.625. The molecule has 1 saturated heterocycles. The number of rotatable bonds is 5. The van der Waals surface area contributed by atoms with Crippen LogP contribution < -0.4 is 5.32 Å². The van der Waals surface area contributed by atoms with Crippen LogP contribution in [0.2, 0.25) is 0 Å². The molecule has 1 N–H and O–H groups in total. The van der Waals surface area contributed by atoms with E-state index in [9.17, 15) is 9.59 Å². The van der Waals surface area contributed by atoms with Crippen LogP contribution in [0.25, 0.3) is 0 Å². The van der Waals surface area contributed by atoms with Crippen LogP contribution in [0.5, 0.6) is 0 Å². The molecule has 2 rings (SSSR count). The summed E-state index contributed by atoms with van der Waals surface area (Å²) in [5, 5.41) is 3.14. The molecule has 9 heteroatoms. The van der Waals surface area contributed by atoms with Gasteiger partial charge in [-0.25, -0.2) is 9.78 Å². The number of likely N-dealkylation sites (tertiary alicyclic amines) is 1. The van der Waals surface area contributed by atoms with Gasteiger partial charge >= 0.3 is 5.97 Å². The summed E-state index contributed by atoms with van der Waals surface area (Å²) in [6.07, 6.45) is 3.52. The van der Waals surface area contributed by atoms with Crippen LogP contribution in [0.15, 0.2) is 0 Å². The van der Waals surface area contributed by atoms with Gasteiger partial charge in [-0.3, -0.25) is 4.79 Å². The van der Waals surface area contributed by atoms with Gasteiger partial charge in [0, 0.05) is 12.6 Å². The van der Waals surface area contributed by atoms with E-state index in [1.807, 2.05) is 0 Å². The molecule has 1 aliphatic rings. The summed E-state index contributed by atoms with van der Waals surface area (Å²) in [5.74, 6) is -0.357. The van der Waals surface area contributed by atoms with Gasteiger partial charge in [-0.1, -0.05) is 35.3 Å². The number of amides is 1. The predicted octanol–water partition coefficient (Wildman–Crippen LogP) is 3.46. The van der Waals surface area contributed by atoms with Gasteiger partial charge in [-0.05, 0) is 40.0 Å². The number of aromatic nitrogens is 1. The molecule has 0 spiro atoms. The van der Waals surface area contributed by atoms with Crippen molar-refractivity contribution in [3.63, 3.8) is 0 Å². The summed E-state index contributed by atoms with van der Waals surface area (Å²) in [6.45, 7) is 6.91. The molecule has 1 fully saturated rings. The third kappa shape index (κ3) is 5.65. The number of carbonyl (C=O) groups is 2. The molecule has 1 atom stereocenters. The summed E-state index contributed by atoms with van der Waals surface area (Å²) < 4.78 is 5.74. The molecular weight excluding hydrogens is 378 g/mol. The number of thiazole rings is 1. The van der Waals surface area contributed by atoms with Gasteiger partial charge in [0.05, 0.1) is 18.1 Å². The van der Waals surface area contributed by atoms with Crippen LogP contribution >= 0.6 is 35.3 Å². The van der Waals surface area contributed by atoms with E-state index >= 15 is 0 Å². The smallest absolute Gasteiger partial charge is 0.350 e. The van der Waals surface area contributed by atoms with Crippen molar-refractivity contribution in [1.29, 1.82) is 0 Å². The summed E-state index contributed by atoms with van der Waals surface area (Å²) in [6, 6.07) is 0.436. The highest BCUT2D eigenvalue weighted by molar-refractivity contribution is 8.23. The standard InChI is InChI=1S/C16H23N3O3S3/c1-4-22-14(21)13-11(3)17-15(25-13)18-12(20)9-24-16(23)19-8-6-5-7-10(19)2/h10H,4-9H2,1-3H3,(H,17,18,20). The Bertz CT molecular complexity index is 648. The molecule has 0 radical (unpaired) electrons. The van der Waals surface area contributed by atoms with E-state index in [2.05, 4.69) is 22.1 Å². The maximum Gasteiger partial charge on any atom is 0.350 e. The maximum atomic E-state index is 12.1. The molecule has 1 amide bonds. The van der Waals surface area contributed by atoms with Crippen molar-refractivity contribution in [2.75, 3.05) is 24.2 Å². The fourth-order valence-electron chi connectivity index (χ4n) is 2.57. The zero-order valence-corrected chi connectivity index (χ0v) is 17.1. The van der Waals surface area contributed by atoms with E-state index in [4.69, 9.17) is 17.0 Å². The molecule has 2 heterocycles. The van der Waals surface area contributed by atoms with E-state index in [-0.39, 0.29) is 11.7 Å². The Hall–Kier alpha value is -1.19. The van der Waals surface area contributed by atoms with Crippen LogP contribution in [0, 0.1) is 6.92 Å². The molecule has 6 nitrogen and oxygen atoms in total. The summed E-state index contributed by atoms with van der Waals surface area (Å²) in [4.78, 5) is 30.8. The number of hydrogen-bond donors (Lipinski definition) is 1. The third-order valence-electron chi connectivity index (χ3n) is 3.87. The second-order valence-electron chi connectivity index (χ2n) is 5.79. The summed E-state index contributed by atoms with van der Waals surface area (Å²) in [7, 11) is 0. The van der Waals surface area contributed by atoms with E-state index in [0.717, 1.165) is 35.0 Å². The minimum atomic E-state index is -0.410. The Morgan fingerprint density at radius 3 is 2.92 bits per heavy atom. The number of anilines is 1. The SMILES string of the molecule is CCOC(=O)c1sc(NC(=O)CSC(=S)N2CCCCC2C)nc1C. The fourth-order valence-corrected chi connectivity index (χ4v) is 4.66. The second kappa shape index (κ2) is 9.49. The lowest BCUT2D eigenvalue weighted by atomic mass is 10.1. The third-order valence-corrected chi connectivity index (χ3v) is 6.40. The first kappa shape index (κ1) is 20.1. The number of nitrogens with zero attached hydrogens (tertiary/aromatic N) is 2. The lowest BCUT2D eigenvalue weighted by molar-refractivity contribution is -0.113. The quantitative estimate of drug-likeness (QED) is 0.598. The lowest BCUT2D eigenvalue weighted by Crippen LogP contribution is -2.40. The Balaban J connectivity index is 1.85.